The number of halogens is 3. The van der Waals surface area contributed by atoms with Gasteiger partial charge in [0.1, 0.15) is 6.04 Å². The lowest BCUT2D eigenvalue weighted by molar-refractivity contribution is -0.163. The van der Waals surface area contributed by atoms with E-state index in [1.165, 1.54) is 18.9 Å². The highest BCUT2D eigenvalue weighted by molar-refractivity contribution is 8.00. The van der Waals surface area contributed by atoms with Crippen molar-refractivity contribution in [3.63, 3.8) is 0 Å². The van der Waals surface area contributed by atoms with Crippen molar-refractivity contribution in [2.24, 2.45) is 5.11 Å². The maximum atomic E-state index is 13.1. The van der Waals surface area contributed by atoms with Gasteiger partial charge in [-0.25, -0.2) is 9.59 Å². The molecule has 6 atom stereocenters. The fourth-order valence-corrected chi connectivity index (χ4v) is 9.07. The molecule has 0 aromatic rings. The highest BCUT2D eigenvalue weighted by atomic mass is 32.2. The summed E-state index contributed by atoms with van der Waals surface area (Å²) >= 11 is 3.25. The van der Waals surface area contributed by atoms with Gasteiger partial charge in [-0.2, -0.15) is 36.7 Å². The van der Waals surface area contributed by atoms with E-state index in [0.717, 1.165) is 49.9 Å². The Morgan fingerprint density at radius 2 is 1.55 bits per heavy atom. The Labute approximate surface area is 358 Å². The molecule has 0 aliphatic carbocycles. The van der Waals surface area contributed by atoms with Crippen LogP contribution in [0.4, 0.5) is 18.0 Å². The molecule has 2 heterocycles. The Hall–Kier alpha value is -4.10. The minimum Gasteiger partial charge on any atom is -0.467 e. The first-order valence-electron chi connectivity index (χ1n) is 20.4. The summed E-state index contributed by atoms with van der Waals surface area (Å²) in [7, 11) is 1.23. The Morgan fingerprint density at radius 3 is 2.13 bits per heavy atom. The predicted molar refractivity (Wildman–Crippen MR) is 227 cm³/mol. The molecule has 2 fully saturated rings. The van der Waals surface area contributed by atoms with E-state index in [0.29, 0.717) is 68.2 Å². The normalized spacial score (nSPS) is 18.7. The smallest absolute Gasteiger partial charge is 0.406 e. The molecular formula is C39H62F3N9O7S2. The number of rotatable bonds is 30. The van der Waals surface area contributed by atoms with Crippen molar-refractivity contribution in [2.45, 2.75) is 145 Å². The zero-order valence-electron chi connectivity index (χ0n) is 34.8. The largest absolute Gasteiger partial charge is 0.467 e. The van der Waals surface area contributed by atoms with Gasteiger partial charge < -0.3 is 36.6 Å². The first kappa shape index (κ1) is 52.0. The van der Waals surface area contributed by atoms with Gasteiger partial charge in [-0.1, -0.05) is 48.2 Å². The number of ether oxygens (including phenoxy) is 1. The summed E-state index contributed by atoms with van der Waals surface area (Å²) in [6.45, 7) is 8.21. The van der Waals surface area contributed by atoms with Crippen molar-refractivity contribution < 1.29 is 46.7 Å². The summed E-state index contributed by atoms with van der Waals surface area (Å²) in [6.07, 6.45) is 5.68. The number of hydrogen-bond donors (Lipinski definition) is 6. The summed E-state index contributed by atoms with van der Waals surface area (Å²) in [5.74, 6) is -0.686. The van der Waals surface area contributed by atoms with Crippen LogP contribution in [0.25, 0.3) is 10.4 Å². The van der Waals surface area contributed by atoms with Crippen molar-refractivity contribution in [1.82, 2.24) is 31.9 Å². The number of carbonyl (C=O) groups is 6. The van der Waals surface area contributed by atoms with Crippen molar-refractivity contribution in [3.8, 4) is 0 Å². The third-order valence-corrected chi connectivity index (χ3v) is 12.5. The molecule has 21 heteroatoms. The van der Waals surface area contributed by atoms with E-state index in [4.69, 9.17) is 10.3 Å². The number of urea groups is 1. The van der Waals surface area contributed by atoms with Crippen molar-refractivity contribution in [3.05, 3.63) is 34.2 Å². The number of nitrogens with zero attached hydrogens (tertiary/aromatic N) is 3. The molecule has 0 radical (unpaired) electrons. The van der Waals surface area contributed by atoms with Gasteiger partial charge in [0.05, 0.1) is 19.2 Å². The summed E-state index contributed by atoms with van der Waals surface area (Å²) in [5, 5.41) is 19.7. The van der Waals surface area contributed by atoms with Crippen LogP contribution in [-0.4, -0.2) is 115 Å². The molecule has 0 aromatic carbocycles. The van der Waals surface area contributed by atoms with Crippen LogP contribution in [0.2, 0.25) is 0 Å². The quantitative estimate of drug-likeness (QED) is 0.0102. The van der Waals surface area contributed by atoms with Crippen LogP contribution in [0, 0.1) is 0 Å². The average molecular weight is 890 g/mol. The molecule has 6 amide bonds. The van der Waals surface area contributed by atoms with Gasteiger partial charge in [0, 0.05) is 65.8 Å². The Morgan fingerprint density at radius 1 is 0.933 bits per heavy atom. The van der Waals surface area contributed by atoms with Gasteiger partial charge in [0.2, 0.25) is 29.7 Å². The van der Waals surface area contributed by atoms with Gasteiger partial charge in [-0.15, -0.1) is 0 Å². The second-order valence-electron chi connectivity index (χ2n) is 15.0. The molecule has 338 valence electrons. The van der Waals surface area contributed by atoms with E-state index < -0.39 is 36.2 Å². The summed E-state index contributed by atoms with van der Waals surface area (Å²) < 4.78 is 44.2. The highest BCUT2D eigenvalue weighted by Gasteiger charge is 2.45. The number of allylic oxidation sites excluding steroid dienone is 1. The molecule has 0 aromatic heterocycles. The number of thioether (sulfide) groups is 2. The van der Waals surface area contributed by atoms with Crippen LogP contribution in [-0.2, 0) is 28.7 Å². The van der Waals surface area contributed by atoms with E-state index in [1.54, 1.807) is 6.92 Å². The van der Waals surface area contributed by atoms with Crippen LogP contribution < -0.4 is 31.9 Å². The Kier molecular flexibility index (Phi) is 24.7. The number of esters is 1. The molecule has 0 saturated carbocycles. The predicted octanol–water partition coefficient (Wildman–Crippen LogP) is 5.49. The third kappa shape index (κ3) is 20.9. The van der Waals surface area contributed by atoms with Gasteiger partial charge in [0.15, 0.2) is 0 Å². The third-order valence-electron chi connectivity index (χ3n) is 10.0. The minimum atomic E-state index is -5.03. The first-order chi connectivity index (χ1) is 28.5. The number of carbonyl (C=O) groups excluding carboxylic acids is 6. The molecule has 6 N–H and O–H groups in total. The molecule has 2 aliphatic rings. The number of amides is 6. The van der Waals surface area contributed by atoms with E-state index >= 15 is 0 Å². The SMILES string of the molecule is C=C(C)C(CC/C(C)=C/CSC[C@H](NC(=O)CCCCCNC(=O)CCCCCNC(=O)CCCC[C@@H]1SCC2NC(=O)NC21)C(=O)OC)NC(=O)C(N=[N+]=[N-])C(F)(F)F. The number of unbranched alkanes of at least 4 members (excludes halogenated alkanes) is 5. The van der Waals surface area contributed by atoms with Gasteiger partial charge in [0.25, 0.3) is 0 Å². The lowest BCUT2D eigenvalue weighted by Gasteiger charge is -2.22. The summed E-state index contributed by atoms with van der Waals surface area (Å²) in [4.78, 5) is 75.1. The second-order valence-corrected chi connectivity index (χ2v) is 17.4. The molecule has 2 rings (SSSR count). The zero-order chi connectivity index (χ0) is 44.5. The number of hydrogen-bond acceptors (Lipinski definition) is 10. The molecule has 2 saturated heterocycles. The Balaban J connectivity index is 1.51. The molecule has 4 unspecified atom stereocenters. The van der Waals surface area contributed by atoms with Gasteiger partial charge in [-0.3, -0.25) is 19.2 Å². The molecule has 60 heavy (non-hydrogen) atoms. The monoisotopic (exact) mass is 889 g/mol. The summed E-state index contributed by atoms with van der Waals surface area (Å²) in [5.41, 5.74) is 9.75. The van der Waals surface area contributed by atoms with E-state index in [9.17, 15) is 41.9 Å². The van der Waals surface area contributed by atoms with Crippen molar-refractivity contribution in [1.29, 1.82) is 0 Å². The van der Waals surface area contributed by atoms with Crippen LogP contribution in [0.15, 0.2) is 28.9 Å². The summed E-state index contributed by atoms with van der Waals surface area (Å²) in [6, 6.07) is -4.17. The topological polar surface area (TPSA) is 233 Å². The molecule has 2 aliphatic heterocycles. The molecule has 0 spiro atoms. The number of methoxy groups -OCH3 is 1. The lowest BCUT2D eigenvalue weighted by atomic mass is 10.0. The molecular weight excluding hydrogens is 828 g/mol. The minimum absolute atomic E-state index is 0.0362. The van der Waals surface area contributed by atoms with Crippen LogP contribution >= 0.6 is 23.5 Å². The first-order valence-corrected chi connectivity index (χ1v) is 22.6. The van der Waals surface area contributed by atoms with Gasteiger partial charge >= 0.3 is 18.2 Å². The van der Waals surface area contributed by atoms with Crippen LogP contribution in [0.5, 0.6) is 0 Å². The van der Waals surface area contributed by atoms with E-state index in [2.05, 4.69) is 48.5 Å². The van der Waals surface area contributed by atoms with E-state index in [-0.39, 0.29) is 54.4 Å². The maximum Gasteiger partial charge on any atom is 0.406 e. The number of azide groups is 1. The van der Waals surface area contributed by atoms with E-state index in [1.807, 2.05) is 24.8 Å². The number of nitrogens with one attached hydrogen (secondary N) is 6. The maximum absolute atomic E-state index is 13.1. The highest BCUT2D eigenvalue weighted by Crippen LogP contribution is 2.33. The zero-order valence-corrected chi connectivity index (χ0v) is 36.5. The fourth-order valence-electron chi connectivity index (χ4n) is 6.53. The number of alkyl halides is 3. The van der Waals surface area contributed by atoms with Crippen LogP contribution in [0.1, 0.15) is 104 Å². The molecule has 0 bridgehead atoms. The fraction of sp³-hybridized carbons (Fsp3) is 0.744. The van der Waals surface area contributed by atoms with Gasteiger partial charge in [-0.05, 0) is 70.7 Å². The Bertz CT molecular complexity index is 1530. The van der Waals surface area contributed by atoms with Crippen molar-refractivity contribution >= 4 is 59.2 Å². The molecule has 16 nitrogen and oxygen atoms in total. The lowest BCUT2D eigenvalue weighted by Crippen LogP contribution is -2.47. The second kappa shape index (κ2) is 28.4. The average Bonchev–Trinajstić information content (AvgIpc) is 3.75. The number of fused-ring (bicyclic) bond motifs is 1. The van der Waals surface area contributed by atoms with Crippen LogP contribution in [0.3, 0.4) is 0 Å². The standard InChI is InChI=1S/C39H62F3N9O7S2/c1-25(2)27(47-36(55)35(50-51-43)39(40,41)42)18-17-26(3)19-22-59-23-29(37(56)58-4)46-33(54)16-8-6-12-21-44-31(52)14-7-5-11-20-45-32(53)15-10-9-13-30-34-28(24-60-30)48-38(57)49-34/h19,27-30,34-35H,1,5-18,20-24H2,2-4H3,(H,44,52)(H,45,53)(H,46,54)(H,47,55)(H2,48,49,57)/b26-19+/t27?,28?,29-,30-,34?,35?/m0/s1. The van der Waals surface area contributed by atoms with Crippen molar-refractivity contribution in [2.75, 3.05) is 37.5 Å².